The molecule has 0 spiro atoms. The zero-order valence-corrected chi connectivity index (χ0v) is 17.8. The van der Waals surface area contributed by atoms with Crippen molar-refractivity contribution in [2.45, 2.75) is 39.0 Å². The van der Waals surface area contributed by atoms with E-state index in [4.69, 9.17) is 9.47 Å². The van der Waals surface area contributed by atoms with Gasteiger partial charge in [-0.1, -0.05) is 49.1 Å². The van der Waals surface area contributed by atoms with Crippen molar-refractivity contribution in [3.05, 3.63) is 76.9 Å². The van der Waals surface area contributed by atoms with E-state index in [0.29, 0.717) is 13.1 Å². The van der Waals surface area contributed by atoms with Crippen LogP contribution in [0.5, 0.6) is 11.5 Å². The quantitative estimate of drug-likeness (QED) is 0.337. The minimum absolute atomic E-state index is 0.0208. The SMILES string of the molecule is C=CCOc1c(OCC(O)CN(Cc2ccccc2)C(C)(C)C)cccc1[N+](=O)[O-]. The van der Waals surface area contributed by atoms with Gasteiger partial charge in [-0.3, -0.25) is 15.0 Å². The number of rotatable bonds is 11. The summed E-state index contributed by atoms with van der Waals surface area (Å²) in [4.78, 5) is 12.9. The van der Waals surface area contributed by atoms with Crippen molar-refractivity contribution in [1.82, 2.24) is 4.90 Å². The highest BCUT2D eigenvalue weighted by molar-refractivity contribution is 5.55. The van der Waals surface area contributed by atoms with E-state index in [1.807, 2.05) is 30.3 Å². The van der Waals surface area contributed by atoms with Crippen LogP contribution >= 0.6 is 0 Å². The Hall–Kier alpha value is -2.90. The van der Waals surface area contributed by atoms with Crippen LogP contribution in [0.25, 0.3) is 0 Å². The van der Waals surface area contributed by atoms with Crippen LogP contribution in [0.2, 0.25) is 0 Å². The van der Waals surface area contributed by atoms with E-state index < -0.39 is 11.0 Å². The predicted octanol–water partition coefficient (Wildman–Crippen LogP) is 4.20. The molecule has 0 heterocycles. The topological polar surface area (TPSA) is 85.1 Å². The van der Waals surface area contributed by atoms with Gasteiger partial charge >= 0.3 is 5.69 Å². The highest BCUT2D eigenvalue weighted by Gasteiger charge is 2.25. The molecule has 0 bridgehead atoms. The van der Waals surface area contributed by atoms with Gasteiger partial charge in [0, 0.05) is 24.7 Å². The summed E-state index contributed by atoms with van der Waals surface area (Å²) >= 11 is 0. The lowest BCUT2D eigenvalue weighted by Crippen LogP contribution is -2.46. The summed E-state index contributed by atoms with van der Waals surface area (Å²) in [6.07, 6.45) is 0.708. The Bertz CT molecular complexity index is 833. The normalized spacial score (nSPS) is 12.4. The molecule has 0 amide bonds. The van der Waals surface area contributed by atoms with E-state index in [-0.39, 0.29) is 35.9 Å². The molecule has 7 nitrogen and oxygen atoms in total. The van der Waals surface area contributed by atoms with Crippen molar-refractivity contribution in [3.63, 3.8) is 0 Å². The number of nitrogens with zero attached hydrogens (tertiary/aromatic N) is 2. The molecule has 0 aliphatic rings. The number of benzene rings is 2. The van der Waals surface area contributed by atoms with Crippen LogP contribution in [0.1, 0.15) is 26.3 Å². The molecule has 0 radical (unpaired) electrons. The second-order valence-electron chi connectivity index (χ2n) is 7.96. The number of nitro groups is 1. The maximum Gasteiger partial charge on any atom is 0.314 e. The second-order valence-corrected chi connectivity index (χ2v) is 7.96. The summed E-state index contributed by atoms with van der Waals surface area (Å²) < 4.78 is 11.2. The molecule has 1 unspecified atom stereocenters. The van der Waals surface area contributed by atoms with Crippen LogP contribution in [-0.4, -0.2) is 46.3 Å². The monoisotopic (exact) mass is 414 g/mol. The lowest BCUT2D eigenvalue weighted by atomic mass is 10.0. The highest BCUT2D eigenvalue weighted by atomic mass is 16.6. The third-order valence-electron chi connectivity index (χ3n) is 4.53. The van der Waals surface area contributed by atoms with Crippen molar-refractivity contribution in [2.24, 2.45) is 0 Å². The Kier molecular flexibility index (Phi) is 8.38. The van der Waals surface area contributed by atoms with Gasteiger partial charge in [0.25, 0.3) is 0 Å². The average molecular weight is 415 g/mol. The summed E-state index contributed by atoms with van der Waals surface area (Å²) in [7, 11) is 0. The molecule has 1 N–H and O–H groups in total. The first-order valence-corrected chi connectivity index (χ1v) is 9.83. The van der Waals surface area contributed by atoms with Crippen LogP contribution in [0, 0.1) is 10.1 Å². The number of ether oxygens (including phenoxy) is 2. The Morgan fingerprint density at radius 1 is 1.17 bits per heavy atom. The first kappa shape index (κ1) is 23.4. The number of hydrogen-bond acceptors (Lipinski definition) is 6. The number of aliphatic hydroxyl groups excluding tert-OH is 1. The van der Waals surface area contributed by atoms with Crippen molar-refractivity contribution in [3.8, 4) is 11.5 Å². The van der Waals surface area contributed by atoms with Crippen molar-refractivity contribution in [1.29, 1.82) is 0 Å². The van der Waals surface area contributed by atoms with Gasteiger partial charge in [0.05, 0.1) is 4.92 Å². The molecule has 2 rings (SSSR count). The van der Waals surface area contributed by atoms with Gasteiger partial charge in [0.15, 0.2) is 5.75 Å². The summed E-state index contributed by atoms with van der Waals surface area (Å²) in [5.74, 6) is 0.252. The molecule has 30 heavy (non-hydrogen) atoms. The standard InChI is InChI=1S/C23H30N2O5/c1-5-14-29-22-20(25(27)28)12-9-13-21(22)30-17-19(26)16-24(23(2,3)4)15-18-10-7-6-8-11-18/h5-13,19,26H,1,14-17H2,2-4H3. The molecule has 2 aromatic rings. The van der Waals surface area contributed by atoms with E-state index in [0.717, 1.165) is 5.56 Å². The van der Waals surface area contributed by atoms with Gasteiger partial charge in [-0.15, -0.1) is 0 Å². The van der Waals surface area contributed by atoms with Gasteiger partial charge in [-0.25, -0.2) is 0 Å². The first-order chi connectivity index (χ1) is 14.2. The van der Waals surface area contributed by atoms with Gasteiger partial charge < -0.3 is 14.6 Å². The molecule has 162 valence electrons. The minimum atomic E-state index is -0.792. The zero-order valence-electron chi connectivity index (χ0n) is 17.8. The summed E-state index contributed by atoms with van der Waals surface area (Å²) in [5, 5.41) is 21.9. The van der Waals surface area contributed by atoms with Gasteiger partial charge in [0.1, 0.15) is 19.3 Å². The fourth-order valence-corrected chi connectivity index (χ4v) is 2.92. The lowest BCUT2D eigenvalue weighted by molar-refractivity contribution is -0.385. The van der Waals surface area contributed by atoms with Gasteiger partial charge in [0.2, 0.25) is 5.75 Å². The van der Waals surface area contributed by atoms with Crippen molar-refractivity contribution in [2.75, 3.05) is 19.8 Å². The largest absolute Gasteiger partial charge is 0.487 e. The van der Waals surface area contributed by atoms with E-state index >= 15 is 0 Å². The van der Waals surface area contributed by atoms with Gasteiger partial charge in [-0.2, -0.15) is 0 Å². The third kappa shape index (κ3) is 6.86. The molecular weight excluding hydrogens is 384 g/mol. The molecule has 2 aromatic carbocycles. The molecule has 0 saturated carbocycles. The van der Waals surface area contributed by atoms with E-state index in [9.17, 15) is 15.2 Å². The predicted molar refractivity (Wildman–Crippen MR) is 117 cm³/mol. The second kappa shape index (κ2) is 10.8. The molecule has 0 aliphatic heterocycles. The van der Waals surface area contributed by atoms with Gasteiger partial charge in [-0.05, 0) is 32.4 Å². The Morgan fingerprint density at radius 3 is 2.47 bits per heavy atom. The number of nitro benzene ring substituents is 1. The third-order valence-corrected chi connectivity index (χ3v) is 4.53. The molecular formula is C23H30N2O5. The van der Waals surface area contributed by atoms with E-state index in [1.165, 1.54) is 18.2 Å². The Labute approximate surface area is 177 Å². The average Bonchev–Trinajstić information content (AvgIpc) is 2.70. The molecule has 0 aliphatic carbocycles. The summed E-state index contributed by atoms with van der Waals surface area (Å²) in [5.41, 5.74) is 0.796. The Morgan fingerprint density at radius 2 is 1.87 bits per heavy atom. The van der Waals surface area contributed by atoms with Crippen LogP contribution in [-0.2, 0) is 6.54 Å². The van der Waals surface area contributed by atoms with Crippen molar-refractivity contribution >= 4 is 5.69 Å². The lowest BCUT2D eigenvalue weighted by Gasteiger charge is -2.37. The van der Waals surface area contributed by atoms with Crippen LogP contribution in [0.4, 0.5) is 5.69 Å². The van der Waals surface area contributed by atoms with Crippen LogP contribution in [0.3, 0.4) is 0 Å². The van der Waals surface area contributed by atoms with E-state index in [1.54, 1.807) is 6.07 Å². The molecule has 7 heteroatoms. The number of β-amino-alcohol motifs (C(OH)–C–C–N with tert-alkyl or cyclic N) is 1. The van der Waals surface area contributed by atoms with Crippen LogP contribution in [0.15, 0.2) is 61.2 Å². The maximum absolute atomic E-state index is 11.3. The molecule has 1 atom stereocenters. The maximum atomic E-state index is 11.3. The summed E-state index contributed by atoms with van der Waals surface area (Å²) in [6.45, 7) is 11.0. The highest BCUT2D eigenvalue weighted by Crippen LogP contribution is 2.37. The van der Waals surface area contributed by atoms with E-state index in [2.05, 4.69) is 32.3 Å². The number of aliphatic hydroxyl groups is 1. The van der Waals surface area contributed by atoms with Crippen molar-refractivity contribution < 1.29 is 19.5 Å². The van der Waals surface area contributed by atoms with Crippen LogP contribution < -0.4 is 9.47 Å². The zero-order chi connectivity index (χ0) is 22.1. The summed E-state index contributed by atoms with van der Waals surface area (Å²) in [6, 6.07) is 14.5. The smallest absolute Gasteiger partial charge is 0.314 e. The molecule has 0 fully saturated rings. The first-order valence-electron chi connectivity index (χ1n) is 9.83. The number of hydrogen-bond donors (Lipinski definition) is 1. The molecule has 0 saturated heterocycles. The fourth-order valence-electron chi connectivity index (χ4n) is 2.92. The molecule has 0 aromatic heterocycles. The Balaban J connectivity index is 2.08. The minimum Gasteiger partial charge on any atom is -0.487 e. The fraction of sp³-hybridized carbons (Fsp3) is 0.391. The number of para-hydroxylation sites is 1.